The van der Waals surface area contributed by atoms with E-state index in [2.05, 4.69) is 9.97 Å². The van der Waals surface area contributed by atoms with Crippen LogP contribution in [0.2, 0.25) is 5.02 Å². The third kappa shape index (κ3) is 4.03. The average Bonchev–Trinajstić information content (AvgIpc) is 3.16. The normalized spacial score (nSPS) is 17.1. The molecule has 138 valence electrons. The Kier molecular flexibility index (Phi) is 5.21. The van der Waals surface area contributed by atoms with Crippen LogP contribution in [-0.2, 0) is 6.42 Å². The standard InChI is InChI=1S/C21H20ClN3O2/c22-17-7-3-5-15(11-17)12-18-14-24-20(27-18)19-8-1-2-10-25(19)21(26)16-6-4-9-23-13-16/h3-7,9,11,13-14,19H,1-2,8,10,12H2. The molecule has 1 aliphatic rings. The topological polar surface area (TPSA) is 59.2 Å². The van der Waals surface area contributed by atoms with Crippen LogP contribution in [-0.4, -0.2) is 27.3 Å². The zero-order valence-corrected chi connectivity index (χ0v) is 15.6. The number of benzene rings is 1. The molecule has 0 aliphatic carbocycles. The van der Waals surface area contributed by atoms with E-state index in [1.807, 2.05) is 29.2 Å². The van der Waals surface area contributed by atoms with Gasteiger partial charge in [0.1, 0.15) is 11.8 Å². The maximum Gasteiger partial charge on any atom is 0.256 e. The lowest BCUT2D eigenvalue weighted by Crippen LogP contribution is -2.38. The van der Waals surface area contributed by atoms with E-state index in [0.717, 1.165) is 30.6 Å². The maximum atomic E-state index is 12.9. The maximum absolute atomic E-state index is 12.9. The predicted octanol–water partition coefficient (Wildman–Crippen LogP) is 4.68. The second-order valence-corrected chi connectivity index (χ2v) is 7.16. The van der Waals surface area contributed by atoms with Crippen LogP contribution in [0, 0.1) is 0 Å². The first kappa shape index (κ1) is 17.7. The van der Waals surface area contributed by atoms with Crippen LogP contribution in [0.3, 0.4) is 0 Å². The van der Waals surface area contributed by atoms with Crippen molar-refractivity contribution < 1.29 is 9.21 Å². The molecule has 0 radical (unpaired) electrons. The first-order valence-electron chi connectivity index (χ1n) is 9.11. The van der Waals surface area contributed by atoms with Crippen LogP contribution in [0.5, 0.6) is 0 Å². The predicted molar refractivity (Wildman–Crippen MR) is 103 cm³/mol. The minimum atomic E-state index is -0.139. The smallest absolute Gasteiger partial charge is 0.256 e. The van der Waals surface area contributed by atoms with Crippen molar-refractivity contribution in [3.8, 4) is 0 Å². The van der Waals surface area contributed by atoms with Gasteiger partial charge in [-0.05, 0) is 49.1 Å². The van der Waals surface area contributed by atoms with E-state index >= 15 is 0 Å². The zero-order valence-electron chi connectivity index (χ0n) is 14.8. The number of likely N-dealkylation sites (tertiary alicyclic amines) is 1. The van der Waals surface area contributed by atoms with Crippen LogP contribution in [0.15, 0.2) is 59.4 Å². The fourth-order valence-corrected chi connectivity index (χ4v) is 3.71. The third-order valence-corrected chi connectivity index (χ3v) is 5.03. The van der Waals surface area contributed by atoms with Crippen molar-refractivity contribution in [2.45, 2.75) is 31.7 Å². The van der Waals surface area contributed by atoms with Gasteiger partial charge in [-0.2, -0.15) is 0 Å². The van der Waals surface area contributed by atoms with Crippen molar-refractivity contribution >= 4 is 17.5 Å². The van der Waals surface area contributed by atoms with Gasteiger partial charge in [-0.15, -0.1) is 0 Å². The van der Waals surface area contributed by atoms with E-state index in [0.29, 0.717) is 29.4 Å². The molecule has 0 bridgehead atoms. The van der Waals surface area contributed by atoms with E-state index in [1.54, 1.807) is 30.7 Å². The van der Waals surface area contributed by atoms with E-state index in [-0.39, 0.29) is 11.9 Å². The van der Waals surface area contributed by atoms with Gasteiger partial charge in [-0.25, -0.2) is 4.98 Å². The molecule has 1 saturated heterocycles. The van der Waals surface area contributed by atoms with Gasteiger partial charge in [0.15, 0.2) is 0 Å². The monoisotopic (exact) mass is 381 g/mol. The van der Waals surface area contributed by atoms with E-state index < -0.39 is 0 Å². The molecule has 5 nitrogen and oxygen atoms in total. The van der Waals surface area contributed by atoms with Crippen molar-refractivity contribution in [2.75, 3.05) is 6.54 Å². The Balaban J connectivity index is 1.54. The highest BCUT2D eigenvalue weighted by molar-refractivity contribution is 6.30. The summed E-state index contributed by atoms with van der Waals surface area (Å²) in [4.78, 5) is 23.3. The Hall–Kier alpha value is -2.66. The summed E-state index contributed by atoms with van der Waals surface area (Å²) in [7, 11) is 0. The van der Waals surface area contributed by atoms with Gasteiger partial charge in [0.25, 0.3) is 5.91 Å². The molecule has 2 aromatic heterocycles. The molecule has 1 aliphatic heterocycles. The van der Waals surface area contributed by atoms with Crippen LogP contribution < -0.4 is 0 Å². The molecular weight excluding hydrogens is 362 g/mol. The lowest BCUT2D eigenvalue weighted by molar-refractivity contribution is 0.0569. The number of hydrogen-bond acceptors (Lipinski definition) is 4. The molecule has 1 unspecified atom stereocenters. The molecule has 27 heavy (non-hydrogen) atoms. The van der Waals surface area contributed by atoms with Crippen molar-refractivity contribution in [1.82, 2.24) is 14.9 Å². The lowest BCUT2D eigenvalue weighted by atomic mass is 10.0. The fraction of sp³-hybridized carbons (Fsp3) is 0.286. The Bertz CT molecular complexity index is 926. The fourth-order valence-electron chi connectivity index (χ4n) is 3.49. The van der Waals surface area contributed by atoms with E-state index in [9.17, 15) is 4.79 Å². The van der Waals surface area contributed by atoms with Crippen LogP contribution >= 0.6 is 11.6 Å². The molecule has 0 spiro atoms. The second-order valence-electron chi connectivity index (χ2n) is 6.72. The summed E-state index contributed by atoms with van der Waals surface area (Å²) in [5, 5.41) is 0.702. The van der Waals surface area contributed by atoms with Gasteiger partial charge in [-0.3, -0.25) is 9.78 Å². The summed E-state index contributed by atoms with van der Waals surface area (Å²) in [6.07, 6.45) is 8.53. The number of carbonyl (C=O) groups excluding carboxylic acids is 1. The molecule has 0 N–H and O–H groups in total. The van der Waals surface area contributed by atoms with Crippen molar-refractivity contribution in [3.63, 3.8) is 0 Å². The molecule has 3 aromatic rings. The van der Waals surface area contributed by atoms with Crippen LogP contribution in [0.1, 0.15) is 52.9 Å². The van der Waals surface area contributed by atoms with Gasteiger partial charge in [-0.1, -0.05) is 23.7 Å². The van der Waals surface area contributed by atoms with Crippen molar-refractivity contribution in [2.24, 2.45) is 0 Å². The van der Waals surface area contributed by atoms with Gasteiger partial charge >= 0.3 is 0 Å². The van der Waals surface area contributed by atoms with Crippen LogP contribution in [0.4, 0.5) is 0 Å². The summed E-state index contributed by atoms with van der Waals surface area (Å²) in [6.45, 7) is 0.699. The number of aromatic nitrogens is 2. The molecule has 1 atom stereocenters. The lowest BCUT2D eigenvalue weighted by Gasteiger charge is -2.33. The summed E-state index contributed by atoms with van der Waals surface area (Å²) < 4.78 is 6.02. The molecule has 6 heteroatoms. The van der Waals surface area contributed by atoms with Gasteiger partial charge in [0, 0.05) is 30.4 Å². The number of pyridine rings is 1. The quantitative estimate of drug-likeness (QED) is 0.658. The highest BCUT2D eigenvalue weighted by Crippen LogP contribution is 2.32. The Morgan fingerprint density at radius 3 is 2.96 bits per heavy atom. The SMILES string of the molecule is O=C(c1cccnc1)N1CCCCC1c1ncc(Cc2cccc(Cl)c2)o1. The molecule has 1 aromatic carbocycles. The second kappa shape index (κ2) is 7.92. The van der Waals surface area contributed by atoms with Gasteiger partial charge in [0.2, 0.25) is 5.89 Å². The van der Waals surface area contributed by atoms with Gasteiger partial charge in [0.05, 0.1) is 11.8 Å². The van der Waals surface area contributed by atoms with Gasteiger partial charge < -0.3 is 9.32 Å². The summed E-state index contributed by atoms with van der Waals surface area (Å²) in [5.74, 6) is 1.35. The number of carbonyl (C=O) groups is 1. The number of halogens is 1. The van der Waals surface area contributed by atoms with Crippen molar-refractivity contribution in [1.29, 1.82) is 0 Å². The molecule has 0 saturated carbocycles. The van der Waals surface area contributed by atoms with E-state index in [4.69, 9.17) is 16.0 Å². The van der Waals surface area contributed by atoms with Crippen molar-refractivity contribution in [3.05, 3.63) is 82.8 Å². The highest BCUT2D eigenvalue weighted by atomic mass is 35.5. The van der Waals surface area contributed by atoms with Crippen LogP contribution in [0.25, 0.3) is 0 Å². The Morgan fingerprint density at radius 2 is 2.15 bits per heavy atom. The number of hydrogen-bond donors (Lipinski definition) is 0. The summed E-state index contributed by atoms with van der Waals surface area (Å²) >= 11 is 6.05. The first-order valence-corrected chi connectivity index (χ1v) is 9.48. The zero-order chi connectivity index (χ0) is 18.6. The minimum Gasteiger partial charge on any atom is -0.443 e. The Morgan fingerprint density at radius 1 is 1.22 bits per heavy atom. The van der Waals surface area contributed by atoms with E-state index in [1.165, 1.54) is 0 Å². The number of nitrogens with zero attached hydrogens (tertiary/aromatic N) is 3. The number of amides is 1. The third-order valence-electron chi connectivity index (χ3n) is 4.80. The summed E-state index contributed by atoms with van der Waals surface area (Å²) in [5.41, 5.74) is 1.66. The molecule has 4 rings (SSSR count). The first-order chi connectivity index (χ1) is 13.2. The molecule has 1 fully saturated rings. The average molecular weight is 382 g/mol. The molecule has 3 heterocycles. The molecule has 1 amide bonds. The minimum absolute atomic E-state index is 0.0256. The number of piperidine rings is 1. The highest BCUT2D eigenvalue weighted by Gasteiger charge is 2.32. The number of rotatable bonds is 4. The number of oxazole rings is 1. The summed E-state index contributed by atoms with van der Waals surface area (Å²) in [6, 6.07) is 11.1. The largest absolute Gasteiger partial charge is 0.443 e. The molecular formula is C21H20ClN3O2. The Labute approximate surface area is 163 Å².